The summed E-state index contributed by atoms with van der Waals surface area (Å²) in [7, 11) is 0. The third kappa shape index (κ3) is 1.87. The molecule has 3 nitrogen and oxygen atoms in total. The van der Waals surface area contributed by atoms with Crippen molar-refractivity contribution in [2.75, 3.05) is 0 Å². The summed E-state index contributed by atoms with van der Waals surface area (Å²) in [5.74, 6) is 0. The van der Waals surface area contributed by atoms with Crippen LogP contribution in [0.1, 0.15) is 5.56 Å². The van der Waals surface area contributed by atoms with Gasteiger partial charge in [0.1, 0.15) is 0 Å². The molecule has 0 aliphatic rings. The van der Waals surface area contributed by atoms with Crippen LogP contribution < -0.4 is 0 Å². The highest BCUT2D eigenvalue weighted by molar-refractivity contribution is 5.81. The molecule has 0 saturated carbocycles. The van der Waals surface area contributed by atoms with Gasteiger partial charge in [-0.2, -0.15) is 4.91 Å². The van der Waals surface area contributed by atoms with Crippen LogP contribution in [0.25, 0.3) is 10.9 Å². The van der Waals surface area contributed by atoms with E-state index in [0.29, 0.717) is 0 Å². The molecule has 0 spiro atoms. The van der Waals surface area contributed by atoms with Crippen molar-refractivity contribution in [1.29, 1.82) is 5.59 Å². The van der Waals surface area contributed by atoms with E-state index < -0.39 is 0 Å². The van der Waals surface area contributed by atoms with Crippen LogP contribution in [0.4, 0.5) is 0 Å². The quantitative estimate of drug-likeness (QED) is 0.624. The normalized spacial score (nSPS) is 9.00. The maximum atomic E-state index is 7.50. The first kappa shape index (κ1) is 9.32. The van der Waals surface area contributed by atoms with E-state index in [1.54, 1.807) is 0 Å². The molecule has 1 aromatic carbocycles. The number of benzene rings is 1. The third-order valence-electron chi connectivity index (χ3n) is 1.83. The van der Waals surface area contributed by atoms with Gasteiger partial charge in [0.15, 0.2) is 0 Å². The molecule has 0 amide bonds. The standard InChI is InChI=1S/C10H9N.HNO/c1-8-4-2-5-9-6-3-7-11-10(8)9;1-2/h2-7H,1H3;1H. The minimum atomic E-state index is 1.11. The largest absolute Gasteiger partial charge is 0.256 e. The van der Waals surface area contributed by atoms with Crippen LogP contribution in [0.5, 0.6) is 0 Å². The monoisotopic (exact) mass is 174 g/mol. The van der Waals surface area contributed by atoms with E-state index in [1.807, 2.05) is 12.3 Å². The Morgan fingerprint density at radius 1 is 1.15 bits per heavy atom. The number of fused-ring (bicyclic) bond motifs is 1. The SMILES string of the molecule is Cc1cccc2cccnc12.N=O. The lowest BCUT2D eigenvalue weighted by atomic mass is 10.1. The number of aryl methyl sites for hydroxylation is 1. The van der Waals surface area contributed by atoms with E-state index >= 15 is 0 Å². The van der Waals surface area contributed by atoms with Gasteiger partial charge in [0.05, 0.1) is 5.52 Å². The predicted octanol–water partition coefficient (Wildman–Crippen LogP) is 2.87. The number of aromatic nitrogens is 1. The smallest absolute Gasteiger partial charge is 0.0731 e. The van der Waals surface area contributed by atoms with Gasteiger partial charge in [-0.3, -0.25) is 4.98 Å². The first-order chi connectivity index (χ1) is 6.38. The van der Waals surface area contributed by atoms with Crippen LogP contribution in [-0.4, -0.2) is 4.98 Å². The molecule has 1 heterocycles. The molecule has 66 valence electrons. The average Bonchev–Trinajstić information content (AvgIpc) is 2.22. The summed E-state index contributed by atoms with van der Waals surface area (Å²) in [6.45, 7) is 2.08. The van der Waals surface area contributed by atoms with Crippen molar-refractivity contribution >= 4 is 10.9 Å². The van der Waals surface area contributed by atoms with Crippen molar-refractivity contribution < 1.29 is 0 Å². The van der Waals surface area contributed by atoms with Crippen LogP contribution >= 0.6 is 0 Å². The zero-order chi connectivity index (χ0) is 9.68. The average molecular weight is 174 g/mol. The van der Waals surface area contributed by atoms with Gasteiger partial charge in [-0.1, -0.05) is 29.9 Å². The Balaban J connectivity index is 0.000000396. The summed E-state index contributed by atoms with van der Waals surface area (Å²) in [4.78, 5) is 11.8. The Bertz CT molecular complexity index is 396. The summed E-state index contributed by atoms with van der Waals surface area (Å²) >= 11 is 0. The minimum absolute atomic E-state index is 1.11. The predicted molar refractivity (Wildman–Crippen MR) is 52.6 cm³/mol. The molecular weight excluding hydrogens is 164 g/mol. The van der Waals surface area contributed by atoms with Crippen LogP contribution in [-0.2, 0) is 0 Å². The molecule has 1 N–H and O–H groups in total. The molecule has 1 aromatic heterocycles. The van der Waals surface area contributed by atoms with Crippen molar-refractivity contribution in [2.45, 2.75) is 6.92 Å². The fraction of sp³-hybridized carbons (Fsp3) is 0.100. The fourth-order valence-corrected chi connectivity index (χ4v) is 1.26. The number of nitroso groups, excluding NO2 is 1. The number of hydrogen-bond acceptors (Lipinski definition) is 3. The van der Waals surface area contributed by atoms with Crippen LogP contribution in [0.2, 0.25) is 0 Å². The molecular formula is C10H10N2O. The van der Waals surface area contributed by atoms with E-state index in [0.717, 1.165) is 5.52 Å². The lowest BCUT2D eigenvalue weighted by Crippen LogP contribution is -1.80. The Hall–Kier alpha value is -1.77. The summed E-state index contributed by atoms with van der Waals surface area (Å²) in [6, 6.07) is 10.3. The molecule has 0 atom stereocenters. The summed E-state index contributed by atoms with van der Waals surface area (Å²) in [5.41, 5.74) is 6.85. The second kappa shape index (κ2) is 4.30. The van der Waals surface area contributed by atoms with Gasteiger partial charge >= 0.3 is 0 Å². The van der Waals surface area contributed by atoms with Gasteiger partial charge in [0.2, 0.25) is 0 Å². The maximum Gasteiger partial charge on any atom is 0.0731 e. The number of para-hydroxylation sites is 1. The highest BCUT2D eigenvalue weighted by Crippen LogP contribution is 2.13. The molecule has 3 heteroatoms. The highest BCUT2D eigenvalue weighted by Gasteiger charge is 1.93. The summed E-state index contributed by atoms with van der Waals surface area (Å²) < 4.78 is 0. The second-order valence-electron chi connectivity index (χ2n) is 2.65. The van der Waals surface area contributed by atoms with Gasteiger partial charge in [-0.05, 0) is 18.6 Å². The van der Waals surface area contributed by atoms with Gasteiger partial charge in [0.25, 0.3) is 0 Å². The van der Waals surface area contributed by atoms with Gasteiger partial charge in [0, 0.05) is 11.6 Å². The highest BCUT2D eigenvalue weighted by atomic mass is 16.2. The molecule has 13 heavy (non-hydrogen) atoms. The Morgan fingerprint density at radius 3 is 2.54 bits per heavy atom. The molecule has 0 saturated heterocycles. The number of nitrogens with zero attached hydrogens (tertiary/aromatic N) is 1. The molecule has 2 aromatic rings. The van der Waals surface area contributed by atoms with Crippen molar-refractivity contribution in [3.8, 4) is 0 Å². The van der Waals surface area contributed by atoms with Crippen molar-refractivity contribution in [1.82, 2.24) is 4.98 Å². The lowest BCUT2D eigenvalue weighted by molar-refractivity contribution is 1.37. The number of pyridine rings is 1. The van der Waals surface area contributed by atoms with E-state index in [-0.39, 0.29) is 0 Å². The molecule has 0 aliphatic heterocycles. The first-order valence-electron chi connectivity index (χ1n) is 3.89. The van der Waals surface area contributed by atoms with Crippen LogP contribution in [0.15, 0.2) is 36.5 Å². The van der Waals surface area contributed by atoms with Crippen molar-refractivity contribution in [2.24, 2.45) is 0 Å². The van der Waals surface area contributed by atoms with E-state index in [4.69, 9.17) is 4.91 Å². The van der Waals surface area contributed by atoms with Gasteiger partial charge in [-0.25, -0.2) is 0 Å². The fourth-order valence-electron chi connectivity index (χ4n) is 1.26. The number of rotatable bonds is 0. The van der Waals surface area contributed by atoms with Gasteiger partial charge in [-0.15, -0.1) is 0 Å². The van der Waals surface area contributed by atoms with Crippen LogP contribution in [0.3, 0.4) is 0 Å². The third-order valence-corrected chi connectivity index (χ3v) is 1.83. The Labute approximate surface area is 76.2 Å². The van der Waals surface area contributed by atoms with Crippen molar-refractivity contribution in [3.63, 3.8) is 0 Å². The second-order valence-corrected chi connectivity index (χ2v) is 2.65. The first-order valence-corrected chi connectivity index (χ1v) is 3.89. The minimum Gasteiger partial charge on any atom is -0.256 e. The summed E-state index contributed by atoms with van der Waals surface area (Å²) in [6.07, 6.45) is 1.83. The van der Waals surface area contributed by atoms with Crippen molar-refractivity contribution in [3.05, 3.63) is 47.0 Å². The molecule has 0 bridgehead atoms. The summed E-state index contributed by atoms with van der Waals surface area (Å²) in [5, 5.41) is 1.22. The molecule has 0 radical (unpaired) electrons. The topological polar surface area (TPSA) is 53.8 Å². The molecule has 0 aliphatic carbocycles. The van der Waals surface area contributed by atoms with E-state index in [2.05, 4.69) is 41.8 Å². The van der Waals surface area contributed by atoms with Gasteiger partial charge < -0.3 is 0 Å². The Kier molecular flexibility index (Phi) is 3.09. The molecule has 2 rings (SSSR count). The number of hydrogen-bond donors (Lipinski definition) is 1. The van der Waals surface area contributed by atoms with E-state index in [1.165, 1.54) is 10.9 Å². The number of nitrogens with one attached hydrogen (secondary N) is 1. The Morgan fingerprint density at radius 2 is 1.85 bits per heavy atom. The molecule has 0 unspecified atom stereocenters. The van der Waals surface area contributed by atoms with E-state index in [9.17, 15) is 0 Å². The van der Waals surface area contributed by atoms with Crippen LogP contribution in [0, 0.1) is 17.4 Å². The zero-order valence-electron chi connectivity index (χ0n) is 7.32. The zero-order valence-corrected chi connectivity index (χ0v) is 7.32. The maximum absolute atomic E-state index is 7.50. The lowest BCUT2D eigenvalue weighted by Gasteiger charge is -1.97. The molecule has 0 fully saturated rings.